The first-order chi connectivity index (χ1) is 9.07. The van der Waals surface area contributed by atoms with Gasteiger partial charge in [-0.2, -0.15) is 0 Å². The zero-order valence-electron chi connectivity index (χ0n) is 12.6. The molecule has 1 aromatic rings. The summed E-state index contributed by atoms with van der Waals surface area (Å²) in [5.74, 6) is -0.274. The fourth-order valence-electron chi connectivity index (χ4n) is 1.69. The molecule has 0 radical (unpaired) electrons. The average Bonchev–Trinajstić information content (AvgIpc) is 2.26. The van der Waals surface area contributed by atoms with Gasteiger partial charge in [0, 0.05) is 17.6 Å². The van der Waals surface area contributed by atoms with Gasteiger partial charge in [0.15, 0.2) is 0 Å². The van der Waals surface area contributed by atoms with Crippen molar-refractivity contribution in [2.75, 3.05) is 6.54 Å². The minimum atomic E-state index is -3.56. The molecular formula is C14H22N2O3S. The number of sulfonamides is 1. The van der Waals surface area contributed by atoms with Gasteiger partial charge in [-0.15, -0.1) is 0 Å². The Morgan fingerprint density at radius 2 is 1.85 bits per heavy atom. The Kier molecular flexibility index (Phi) is 4.94. The van der Waals surface area contributed by atoms with Crippen molar-refractivity contribution in [2.45, 2.75) is 45.1 Å². The van der Waals surface area contributed by atoms with Crippen LogP contribution in [0.2, 0.25) is 0 Å². The van der Waals surface area contributed by atoms with E-state index in [1.54, 1.807) is 19.9 Å². The van der Waals surface area contributed by atoms with Crippen LogP contribution in [0.5, 0.6) is 0 Å². The molecule has 0 atom stereocenters. The lowest BCUT2D eigenvalue weighted by Gasteiger charge is -2.21. The SMILES string of the molecule is CCNS(=O)(=O)c1ccc(C)c(C(=O)NC(C)(C)C)c1. The molecule has 112 valence electrons. The monoisotopic (exact) mass is 298 g/mol. The third-order valence-electron chi connectivity index (χ3n) is 2.59. The van der Waals surface area contributed by atoms with Crippen molar-refractivity contribution in [2.24, 2.45) is 0 Å². The summed E-state index contributed by atoms with van der Waals surface area (Å²) >= 11 is 0. The molecule has 0 spiro atoms. The summed E-state index contributed by atoms with van der Waals surface area (Å²) in [6.07, 6.45) is 0. The molecule has 1 rings (SSSR count). The van der Waals surface area contributed by atoms with Gasteiger partial charge in [-0.1, -0.05) is 13.0 Å². The van der Waals surface area contributed by atoms with Crippen LogP contribution in [-0.2, 0) is 10.0 Å². The number of aryl methyl sites for hydroxylation is 1. The maximum absolute atomic E-state index is 12.2. The molecule has 0 saturated heterocycles. The first-order valence-electron chi connectivity index (χ1n) is 6.49. The van der Waals surface area contributed by atoms with E-state index in [1.165, 1.54) is 12.1 Å². The number of hydrogen-bond donors (Lipinski definition) is 2. The Morgan fingerprint density at radius 1 is 1.25 bits per heavy atom. The van der Waals surface area contributed by atoms with E-state index >= 15 is 0 Å². The first-order valence-corrected chi connectivity index (χ1v) is 7.98. The highest BCUT2D eigenvalue weighted by Gasteiger charge is 2.20. The third-order valence-corrected chi connectivity index (χ3v) is 4.13. The first kappa shape index (κ1) is 16.7. The highest BCUT2D eigenvalue weighted by atomic mass is 32.2. The number of benzene rings is 1. The second-order valence-electron chi connectivity index (χ2n) is 5.68. The Bertz CT molecular complexity index is 601. The van der Waals surface area contributed by atoms with Gasteiger partial charge >= 0.3 is 0 Å². The molecule has 20 heavy (non-hydrogen) atoms. The highest BCUT2D eigenvalue weighted by molar-refractivity contribution is 7.89. The van der Waals surface area contributed by atoms with Crippen molar-refractivity contribution in [3.63, 3.8) is 0 Å². The highest BCUT2D eigenvalue weighted by Crippen LogP contribution is 2.16. The maximum Gasteiger partial charge on any atom is 0.251 e. The van der Waals surface area contributed by atoms with Gasteiger partial charge in [-0.3, -0.25) is 4.79 Å². The Hall–Kier alpha value is -1.40. The molecule has 0 aromatic heterocycles. The molecular weight excluding hydrogens is 276 g/mol. The van der Waals surface area contributed by atoms with Crippen molar-refractivity contribution in [1.29, 1.82) is 0 Å². The van der Waals surface area contributed by atoms with E-state index in [4.69, 9.17) is 0 Å². The summed E-state index contributed by atoms with van der Waals surface area (Å²) in [7, 11) is -3.56. The Balaban J connectivity index is 3.19. The summed E-state index contributed by atoms with van der Waals surface area (Å²) < 4.78 is 26.3. The van der Waals surface area contributed by atoms with Gasteiger partial charge in [-0.25, -0.2) is 13.1 Å². The average molecular weight is 298 g/mol. The minimum Gasteiger partial charge on any atom is -0.347 e. The van der Waals surface area contributed by atoms with Gasteiger partial charge < -0.3 is 5.32 Å². The van der Waals surface area contributed by atoms with E-state index in [0.717, 1.165) is 5.56 Å². The molecule has 0 aliphatic rings. The Labute approximate surface area is 120 Å². The van der Waals surface area contributed by atoms with Crippen LogP contribution in [0.1, 0.15) is 43.6 Å². The zero-order valence-corrected chi connectivity index (χ0v) is 13.4. The molecule has 5 nitrogen and oxygen atoms in total. The molecule has 0 heterocycles. The fourth-order valence-corrected chi connectivity index (χ4v) is 2.76. The maximum atomic E-state index is 12.2. The number of hydrogen-bond acceptors (Lipinski definition) is 3. The molecule has 0 unspecified atom stereocenters. The number of nitrogens with one attached hydrogen (secondary N) is 2. The minimum absolute atomic E-state index is 0.101. The number of amides is 1. The molecule has 0 fully saturated rings. The standard InChI is InChI=1S/C14H22N2O3S/c1-6-15-20(18,19)11-8-7-10(2)12(9-11)13(17)16-14(3,4)5/h7-9,15H,6H2,1-5H3,(H,16,17). The van der Waals surface area contributed by atoms with E-state index in [0.29, 0.717) is 12.1 Å². The molecule has 2 N–H and O–H groups in total. The summed E-state index contributed by atoms with van der Waals surface area (Å²) in [6.45, 7) is 9.41. The molecule has 0 aliphatic carbocycles. The second kappa shape index (κ2) is 5.93. The lowest BCUT2D eigenvalue weighted by Crippen LogP contribution is -2.41. The van der Waals surface area contributed by atoms with E-state index in [-0.39, 0.29) is 16.3 Å². The van der Waals surface area contributed by atoms with Gasteiger partial charge in [0.1, 0.15) is 0 Å². The largest absolute Gasteiger partial charge is 0.347 e. The summed E-state index contributed by atoms with van der Waals surface area (Å²) in [6, 6.07) is 4.55. The van der Waals surface area contributed by atoms with Crippen molar-refractivity contribution >= 4 is 15.9 Å². The van der Waals surface area contributed by atoms with Crippen LogP contribution >= 0.6 is 0 Å². The smallest absolute Gasteiger partial charge is 0.251 e. The Morgan fingerprint density at radius 3 is 2.35 bits per heavy atom. The van der Waals surface area contributed by atoms with Gasteiger partial charge in [0.2, 0.25) is 10.0 Å². The lowest BCUT2D eigenvalue weighted by atomic mass is 10.0. The van der Waals surface area contributed by atoms with Crippen LogP contribution in [0.15, 0.2) is 23.1 Å². The molecule has 0 bridgehead atoms. The molecule has 1 amide bonds. The van der Waals surface area contributed by atoms with Crippen LogP contribution < -0.4 is 10.0 Å². The number of carbonyl (C=O) groups excluding carboxylic acids is 1. The van der Waals surface area contributed by atoms with E-state index in [9.17, 15) is 13.2 Å². The van der Waals surface area contributed by atoms with Crippen LogP contribution in [0.3, 0.4) is 0 Å². The number of carbonyl (C=O) groups is 1. The topological polar surface area (TPSA) is 75.3 Å². The predicted molar refractivity (Wildman–Crippen MR) is 79.3 cm³/mol. The van der Waals surface area contributed by atoms with Crippen LogP contribution in [0.4, 0.5) is 0 Å². The van der Waals surface area contributed by atoms with E-state index in [2.05, 4.69) is 10.0 Å². The predicted octanol–water partition coefficient (Wildman–Crippen LogP) is 1.82. The van der Waals surface area contributed by atoms with E-state index < -0.39 is 10.0 Å². The quantitative estimate of drug-likeness (QED) is 0.890. The second-order valence-corrected chi connectivity index (χ2v) is 7.45. The normalized spacial score (nSPS) is 12.2. The molecule has 0 aliphatic heterocycles. The van der Waals surface area contributed by atoms with Gasteiger partial charge in [0.25, 0.3) is 5.91 Å². The molecule has 0 saturated carbocycles. The van der Waals surface area contributed by atoms with Crippen molar-refractivity contribution in [3.05, 3.63) is 29.3 Å². The van der Waals surface area contributed by atoms with Crippen LogP contribution in [0.25, 0.3) is 0 Å². The number of rotatable bonds is 4. The van der Waals surface area contributed by atoms with Crippen LogP contribution in [0, 0.1) is 6.92 Å². The van der Waals surface area contributed by atoms with Crippen molar-refractivity contribution in [3.8, 4) is 0 Å². The van der Waals surface area contributed by atoms with E-state index in [1.807, 2.05) is 20.8 Å². The molecule has 6 heteroatoms. The van der Waals surface area contributed by atoms with Crippen LogP contribution in [-0.4, -0.2) is 26.4 Å². The summed E-state index contributed by atoms with van der Waals surface area (Å²) in [5, 5.41) is 2.83. The summed E-state index contributed by atoms with van der Waals surface area (Å²) in [5.41, 5.74) is 0.737. The van der Waals surface area contributed by atoms with Crippen molar-refractivity contribution in [1.82, 2.24) is 10.0 Å². The summed E-state index contributed by atoms with van der Waals surface area (Å²) in [4.78, 5) is 12.3. The van der Waals surface area contributed by atoms with Crippen molar-refractivity contribution < 1.29 is 13.2 Å². The lowest BCUT2D eigenvalue weighted by molar-refractivity contribution is 0.0918. The van der Waals surface area contributed by atoms with Gasteiger partial charge in [0.05, 0.1) is 4.90 Å². The third kappa shape index (κ3) is 4.31. The fraction of sp³-hybridized carbons (Fsp3) is 0.500. The molecule has 1 aromatic carbocycles. The van der Waals surface area contributed by atoms with Gasteiger partial charge in [-0.05, 0) is 45.4 Å². The zero-order chi connectivity index (χ0) is 15.6.